The van der Waals surface area contributed by atoms with Crippen LogP contribution in [-0.4, -0.2) is 27.4 Å². The molecule has 1 N–H and O–H groups in total. The van der Waals surface area contributed by atoms with Crippen molar-refractivity contribution in [3.05, 3.63) is 29.7 Å². The zero-order valence-electron chi connectivity index (χ0n) is 11.0. The predicted molar refractivity (Wildman–Crippen MR) is 74.9 cm³/mol. The van der Waals surface area contributed by atoms with Gasteiger partial charge in [0.25, 0.3) is 5.91 Å². The molecule has 2 aromatic heterocycles. The quantitative estimate of drug-likeness (QED) is 0.910. The Balaban J connectivity index is 1.99. The van der Waals surface area contributed by atoms with Crippen LogP contribution in [0.25, 0.3) is 10.7 Å². The largest absolute Gasteiger partial charge is 0.351 e. The maximum absolute atomic E-state index is 11.9. The van der Waals surface area contributed by atoms with Gasteiger partial charge in [-0.1, -0.05) is 13.8 Å². The summed E-state index contributed by atoms with van der Waals surface area (Å²) in [7, 11) is 0. The number of rotatable bonds is 5. The Morgan fingerprint density at radius 3 is 2.95 bits per heavy atom. The average molecular weight is 276 g/mol. The number of nitrogens with one attached hydrogen (secondary N) is 1. The second kappa shape index (κ2) is 6.38. The monoisotopic (exact) mass is 276 g/mol. The number of thiazole rings is 1. The van der Waals surface area contributed by atoms with E-state index in [0.717, 1.165) is 6.42 Å². The molecule has 0 fully saturated rings. The van der Waals surface area contributed by atoms with E-state index in [0.29, 0.717) is 28.9 Å². The molecule has 2 rings (SSSR count). The molecule has 19 heavy (non-hydrogen) atoms. The first-order valence-corrected chi connectivity index (χ1v) is 7.05. The molecule has 0 aliphatic carbocycles. The number of nitrogens with zero attached hydrogens (tertiary/aromatic N) is 3. The second-order valence-corrected chi connectivity index (χ2v) is 5.43. The van der Waals surface area contributed by atoms with E-state index in [2.05, 4.69) is 34.1 Å². The van der Waals surface area contributed by atoms with Gasteiger partial charge in [-0.3, -0.25) is 14.8 Å². The first kappa shape index (κ1) is 13.6. The molecule has 0 atom stereocenters. The highest BCUT2D eigenvalue weighted by Crippen LogP contribution is 2.20. The lowest BCUT2D eigenvalue weighted by Gasteiger charge is -2.05. The van der Waals surface area contributed by atoms with Gasteiger partial charge in [0.1, 0.15) is 16.4 Å². The van der Waals surface area contributed by atoms with E-state index >= 15 is 0 Å². The summed E-state index contributed by atoms with van der Waals surface area (Å²) in [4.78, 5) is 24.3. The molecule has 0 aromatic carbocycles. The van der Waals surface area contributed by atoms with Crippen LogP contribution >= 0.6 is 11.3 Å². The van der Waals surface area contributed by atoms with Crippen LogP contribution in [0.4, 0.5) is 0 Å². The maximum Gasteiger partial charge on any atom is 0.270 e. The van der Waals surface area contributed by atoms with Crippen molar-refractivity contribution in [3.63, 3.8) is 0 Å². The molecule has 2 aromatic rings. The summed E-state index contributed by atoms with van der Waals surface area (Å²) in [6.07, 6.45) is 5.82. The van der Waals surface area contributed by atoms with E-state index in [-0.39, 0.29) is 5.91 Å². The van der Waals surface area contributed by atoms with Crippen LogP contribution in [-0.2, 0) is 0 Å². The van der Waals surface area contributed by atoms with Crippen molar-refractivity contribution in [2.45, 2.75) is 20.3 Å². The van der Waals surface area contributed by atoms with Crippen LogP contribution < -0.4 is 5.32 Å². The lowest BCUT2D eigenvalue weighted by molar-refractivity contribution is 0.0948. The van der Waals surface area contributed by atoms with Crippen LogP contribution in [0.1, 0.15) is 30.8 Å². The highest BCUT2D eigenvalue weighted by atomic mass is 32.1. The fourth-order valence-corrected chi connectivity index (χ4v) is 2.23. The molecule has 0 saturated carbocycles. The number of hydrogen-bond donors (Lipinski definition) is 1. The normalized spacial score (nSPS) is 10.7. The van der Waals surface area contributed by atoms with E-state index in [9.17, 15) is 4.79 Å². The smallest absolute Gasteiger partial charge is 0.270 e. The van der Waals surface area contributed by atoms with E-state index in [1.807, 2.05) is 0 Å². The Kier molecular flexibility index (Phi) is 4.57. The fourth-order valence-electron chi connectivity index (χ4n) is 1.47. The van der Waals surface area contributed by atoms with Crippen molar-refractivity contribution in [2.24, 2.45) is 5.92 Å². The molecule has 0 aliphatic heterocycles. The molecular formula is C13H16N4OS. The Labute approximate surface area is 116 Å². The Morgan fingerprint density at radius 1 is 1.42 bits per heavy atom. The number of amides is 1. The number of aromatic nitrogens is 3. The molecule has 0 radical (unpaired) electrons. The molecule has 0 spiro atoms. The first-order chi connectivity index (χ1) is 9.16. The Hall–Kier alpha value is -1.82. The minimum atomic E-state index is -0.132. The lowest BCUT2D eigenvalue weighted by atomic mass is 10.1. The third-order valence-corrected chi connectivity index (χ3v) is 3.39. The van der Waals surface area contributed by atoms with Gasteiger partial charge in [0, 0.05) is 24.3 Å². The van der Waals surface area contributed by atoms with Crippen LogP contribution in [0, 0.1) is 5.92 Å². The molecule has 1 amide bonds. The van der Waals surface area contributed by atoms with Gasteiger partial charge in [-0.25, -0.2) is 4.98 Å². The van der Waals surface area contributed by atoms with E-state index in [4.69, 9.17) is 0 Å². The first-order valence-electron chi connectivity index (χ1n) is 6.17. The van der Waals surface area contributed by atoms with Crippen molar-refractivity contribution < 1.29 is 4.79 Å². The SMILES string of the molecule is CC(C)CCNC(=O)c1csc(-c2cnccn2)n1. The predicted octanol–water partition coefficient (Wildman–Crippen LogP) is 2.38. The van der Waals surface area contributed by atoms with Crippen molar-refractivity contribution in [1.29, 1.82) is 0 Å². The third kappa shape index (κ3) is 3.82. The van der Waals surface area contributed by atoms with Gasteiger partial charge in [-0.05, 0) is 12.3 Å². The van der Waals surface area contributed by atoms with Crippen molar-refractivity contribution in [1.82, 2.24) is 20.3 Å². The molecule has 0 saturated heterocycles. The van der Waals surface area contributed by atoms with Crippen molar-refractivity contribution >= 4 is 17.2 Å². The average Bonchev–Trinajstić information content (AvgIpc) is 2.89. The summed E-state index contributed by atoms with van der Waals surface area (Å²) in [5.41, 5.74) is 1.13. The van der Waals surface area contributed by atoms with Gasteiger partial charge < -0.3 is 5.32 Å². The summed E-state index contributed by atoms with van der Waals surface area (Å²) in [5, 5.41) is 5.32. The molecule has 0 bridgehead atoms. The van der Waals surface area contributed by atoms with Crippen molar-refractivity contribution in [2.75, 3.05) is 6.54 Å². The molecular weight excluding hydrogens is 260 g/mol. The van der Waals surface area contributed by atoms with Crippen LogP contribution in [0.3, 0.4) is 0 Å². The van der Waals surface area contributed by atoms with Crippen LogP contribution in [0.5, 0.6) is 0 Å². The standard InChI is InChI=1S/C13H16N4OS/c1-9(2)3-4-16-12(18)11-8-19-13(17-11)10-7-14-5-6-15-10/h5-9H,3-4H2,1-2H3,(H,16,18). The summed E-state index contributed by atoms with van der Waals surface area (Å²) in [6.45, 7) is 4.93. The number of carbonyl (C=O) groups excluding carboxylic acids is 1. The molecule has 100 valence electrons. The zero-order chi connectivity index (χ0) is 13.7. The van der Waals surface area contributed by atoms with Gasteiger partial charge in [0.2, 0.25) is 0 Å². The molecule has 2 heterocycles. The third-order valence-electron chi connectivity index (χ3n) is 2.53. The minimum absolute atomic E-state index is 0.132. The summed E-state index contributed by atoms with van der Waals surface area (Å²) in [5.74, 6) is 0.443. The summed E-state index contributed by atoms with van der Waals surface area (Å²) in [6, 6.07) is 0. The van der Waals surface area contributed by atoms with E-state index in [1.165, 1.54) is 11.3 Å². The highest BCUT2D eigenvalue weighted by Gasteiger charge is 2.12. The van der Waals surface area contributed by atoms with Gasteiger partial charge in [-0.2, -0.15) is 0 Å². The van der Waals surface area contributed by atoms with Gasteiger partial charge in [-0.15, -0.1) is 11.3 Å². The molecule has 0 aliphatic rings. The minimum Gasteiger partial charge on any atom is -0.351 e. The summed E-state index contributed by atoms with van der Waals surface area (Å²) >= 11 is 1.40. The maximum atomic E-state index is 11.9. The van der Waals surface area contributed by atoms with Gasteiger partial charge in [0.05, 0.1) is 6.20 Å². The van der Waals surface area contributed by atoms with Crippen LogP contribution in [0.2, 0.25) is 0 Å². The van der Waals surface area contributed by atoms with Gasteiger partial charge >= 0.3 is 0 Å². The van der Waals surface area contributed by atoms with Gasteiger partial charge in [0.15, 0.2) is 0 Å². The van der Waals surface area contributed by atoms with Crippen LogP contribution in [0.15, 0.2) is 24.0 Å². The number of hydrogen-bond acceptors (Lipinski definition) is 5. The summed E-state index contributed by atoms with van der Waals surface area (Å²) < 4.78 is 0. The second-order valence-electron chi connectivity index (χ2n) is 4.57. The van der Waals surface area contributed by atoms with E-state index < -0.39 is 0 Å². The topological polar surface area (TPSA) is 67.8 Å². The van der Waals surface area contributed by atoms with Crippen molar-refractivity contribution in [3.8, 4) is 10.7 Å². The Morgan fingerprint density at radius 2 is 2.26 bits per heavy atom. The van der Waals surface area contributed by atoms with E-state index in [1.54, 1.807) is 24.0 Å². The zero-order valence-corrected chi connectivity index (χ0v) is 11.8. The molecule has 0 unspecified atom stereocenters. The fraction of sp³-hybridized carbons (Fsp3) is 0.385. The number of carbonyl (C=O) groups is 1. The lowest BCUT2D eigenvalue weighted by Crippen LogP contribution is -2.25. The Bertz CT molecular complexity index is 539. The molecule has 6 heteroatoms. The molecule has 5 nitrogen and oxygen atoms in total. The highest BCUT2D eigenvalue weighted by molar-refractivity contribution is 7.13.